The summed E-state index contributed by atoms with van der Waals surface area (Å²) in [5.74, 6) is -0.969. The van der Waals surface area contributed by atoms with Crippen LogP contribution in [0.4, 0.5) is 0 Å². The summed E-state index contributed by atoms with van der Waals surface area (Å²) in [5.41, 5.74) is 0. The molecule has 0 saturated carbocycles. The van der Waals surface area contributed by atoms with Crippen LogP contribution in [0.25, 0.3) is 0 Å². The zero-order valence-electron chi connectivity index (χ0n) is 45.6. The Hall–Kier alpha value is -3.15. The zero-order valence-corrected chi connectivity index (χ0v) is 45.6. The third kappa shape index (κ3) is 55.6. The first kappa shape index (κ1) is 65.8. The first-order chi connectivity index (χ1) is 34.0. The number of carbonyl (C=O) groups is 3. The molecule has 398 valence electrons. The number of carbonyl (C=O) groups excluding carboxylic acids is 3. The molecule has 0 N–H and O–H groups in total. The fraction of sp³-hybridized carbons (Fsp3) is 0.762. The highest BCUT2D eigenvalue weighted by molar-refractivity contribution is 5.71. The molecule has 0 aliphatic rings. The van der Waals surface area contributed by atoms with Gasteiger partial charge in [0.1, 0.15) is 13.2 Å². The maximum absolute atomic E-state index is 12.9. The average molecular weight is 964 g/mol. The SMILES string of the molecule is CC/C=C\C/C=C\C/C=C\C/C=C\C/C=C\C/C=C\CCC(=O)OCC(COC(=O)CCCCCCCCCCCCCCC)OC(=O)CCCCCCCCCCCCCCCCCCCCC. The Labute approximate surface area is 427 Å². The number of unbranched alkanes of at least 4 members (excludes halogenated alkanes) is 30. The van der Waals surface area contributed by atoms with Crippen LogP contribution in [0.3, 0.4) is 0 Å². The Morgan fingerprint density at radius 3 is 0.884 bits per heavy atom. The van der Waals surface area contributed by atoms with Gasteiger partial charge in [-0.25, -0.2) is 0 Å². The fourth-order valence-corrected chi connectivity index (χ4v) is 8.35. The third-order valence-electron chi connectivity index (χ3n) is 12.7. The molecule has 1 atom stereocenters. The number of esters is 3. The molecule has 6 nitrogen and oxygen atoms in total. The summed E-state index contributed by atoms with van der Waals surface area (Å²) >= 11 is 0. The highest BCUT2D eigenvalue weighted by Crippen LogP contribution is 2.17. The molecular weight excluding hydrogens is 853 g/mol. The van der Waals surface area contributed by atoms with E-state index in [9.17, 15) is 14.4 Å². The molecule has 0 aromatic carbocycles. The summed E-state index contributed by atoms with van der Waals surface area (Å²) in [6, 6.07) is 0. The van der Waals surface area contributed by atoms with Gasteiger partial charge in [-0.15, -0.1) is 0 Å². The second-order valence-corrected chi connectivity index (χ2v) is 19.5. The van der Waals surface area contributed by atoms with E-state index in [4.69, 9.17) is 14.2 Å². The molecule has 0 bridgehead atoms. The van der Waals surface area contributed by atoms with Crippen LogP contribution in [0.5, 0.6) is 0 Å². The van der Waals surface area contributed by atoms with E-state index in [0.717, 1.165) is 77.0 Å². The minimum Gasteiger partial charge on any atom is -0.462 e. The molecule has 0 aliphatic carbocycles. The molecule has 0 aliphatic heterocycles. The highest BCUT2D eigenvalue weighted by Gasteiger charge is 2.19. The van der Waals surface area contributed by atoms with Crippen LogP contribution in [0, 0.1) is 0 Å². The molecule has 1 unspecified atom stereocenters. The molecule has 0 saturated heterocycles. The molecule has 0 amide bonds. The maximum Gasteiger partial charge on any atom is 0.306 e. The smallest absolute Gasteiger partial charge is 0.306 e. The van der Waals surface area contributed by atoms with Crippen molar-refractivity contribution in [2.45, 2.75) is 297 Å². The van der Waals surface area contributed by atoms with E-state index in [1.54, 1.807) is 0 Å². The lowest BCUT2D eigenvalue weighted by Gasteiger charge is -2.18. The van der Waals surface area contributed by atoms with Crippen LogP contribution in [-0.2, 0) is 28.6 Å². The van der Waals surface area contributed by atoms with E-state index in [1.165, 1.54) is 167 Å². The molecule has 0 aromatic heterocycles. The number of rotatable bonds is 53. The predicted molar refractivity (Wildman–Crippen MR) is 298 cm³/mol. The summed E-state index contributed by atoms with van der Waals surface area (Å²) in [5, 5.41) is 0. The normalized spacial score (nSPS) is 12.6. The topological polar surface area (TPSA) is 78.9 Å². The van der Waals surface area contributed by atoms with Crippen LogP contribution in [-0.4, -0.2) is 37.2 Å². The van der Waals surface area contributed by atoms with E-state index < -0.39 is 6.10 Å². The van der Waals surface area contributed by atoms with Gasteiger partial charge < -0.3 is 14.2 Å². The second-order valence-electron chi connectivity index (χ2n) is 19.5. The molecular formula is C63H110O6. The first-order valence-corrected chi connectivity index (χ1v) is 29.4. The fourth-order valence-electron chi connectivity index (χ4n) is 8.35. The van der Waals surface area contributed by atoms with Gasteiger partial charge >= 0.3 is 17.9 Å². The number of ether oxygens (including phenoxy) is 3. The molecule has 0 heterocycles. The van der Waals surface area contributed by atoms with E-state index in [2.05, 4.69) is 87.6 Å². The van der Waals surface area contributed by atoms with Gasteiger partial charge in [0.05, 0.1) is 0 Å². The standard InChI is InChI=1S/C63H110O6/c1-4-7-10-13-16-19-22-25-27-29-31-33-35-38-41-44-47-50-53-56-62(65)68-59-60(58-67-61(64)55-52-49-46-43-40-37-24-21-18-15-12-9-6-3)69-63(66)57-54-51-48-45-42-39-36-34-32-30-28-26-23-20-17-14-11-8-5-2/h7,10,16,19,25,27,31,33,38,41,47,50,60H,4-6,8-9,11-15,17-18,20-24,26,28-30,32,34-37,39-40,42-46,48-49,51-59H2,1-3H3/b10-7-,19-16-,27-25-,33-31-,41-38-,50-47-. The minimum atomic E-state index is -0.803. The van der Waals surface area contributed by atoms with Gasteiger partial charge in [0.15, 0.2) is 6.10 Å². The van der Waals surface area contributed by atoms with Gasteiger partial charge in [-0.2, -0.15) is 0 Å². The number of hydrogen-bond acceptors (Lipinski definition) is 6. The van der Waals surface area contributed by atoms with E-state index in [-0.39, 0.29) is 37.5 Å². The highest BCUT2D eigenvalue weighted by atomic mass is 16.6. The van der Waals surface area contributed by atoms with Crippen LogP contribution >= 0.6 is 0 Å². The Balaban J connectivity index is 4.44. The molecule has 0 aromatic rings. The third-order valence-corrected chi connectivity index (χ3v) is 12.7. The monoisotopic (exact) mass is 963 g/mol. The van der Waals surface area contributed by atoms with Crippen LogP contribution in [0.15, 0.2) is 72.9 Å². The second kappa shape index (κ2) is 57.4. The zero-order chi connectivity index (χ0) is 50.0. The minimum absolute atomic E-state index is 0.0946. The van der Waals surface area contributed by atoms with Gasteiger partial charge in [-0.1, -0.05) is 286 Å². The first-order valence-electron chi connectivity index (χ1n) is 29.4. The molecule has 0 radical (unpaired) electrons. The van der Waals surface area contributed by atoms with Gasteiger partial charge in [0.2, 0.25) is 0 Å². The van der Waals surface area contributed by atoms with Crippen molar-refractivity contribution in [3.63, 3.8) is 0 Å². The van der Waals surface area contributed by atoms with Crippen molar-refractivity contribution in [3.8, 4) is 0 Å². The summed E-state index contributed by atoms with van der Waals surface area (Å²) in [6.07, 6.45) is 73.4. The lowest BCUT2D eigenvalue weighted by molar-refractivity contribution is -0.166. The van der Waals surface area contributed by atoms with E-state index in [0.29, 0.717) is 19.3 Å². The average Bonchev–Trinajstić information content (AvgIpc) is 3.35. The largest absolute Gasteiger partial charge is 0.462 e. The quantitative estimate of drug-likeness (QED) is 0.0262. The molecule has 0 rings (SSSR count). The van der Waals surface area contributed by atoms with Crippen molar-refractivity contribution in [2.24, 2.45) is 0 Å². The van der Waals surface area contributed by atoms with E-state index in [1.807, 2.05) is 6.08 Å². The lowest BCUT2D eigenvalue weighted by Crippen LogP contribution is -2.30. The van der Waals surface area contributed by atoms with Crippen molar-refractivity contribution in [3.05, 3.63) is 72.9 Å². The van der Waals surface area contributed by atoms with Crippen molar-refractivity contribution >= 4 is 17.9 Å². The summed E-state index contributed by atoms with van der Waals surface area (Å²) in [6.45, 7) is 6.49. The van der Waals surface area contributed by atoms with Gasteiger partial charge in [-0.3, -0.25) is 14.4 Å². The molecule has 0 fully saturated rings. The Morgan fingerprint density at radius 1 is 0.304 bits per heavy atom. The van der Waals surface area contributed by atoms with Gasteiger partial charge in [0, 0.05) is 19.3 Å². The molecule has 69 heavy (non-hydrogen) atoms. The number of hydrogen-bond donors (Lipinski definition) is 0. The van der Waals surface area contributed by atoms with Crippen molar-refractivity contribution in [1.82, 2.24) is 0 Å². The predicted octanol–water partition coefficient (Wildman–Crippen LogP) is 19.8. The van der Waals surface area contributed by atoms with Crippen molar-refractivity contribution in [2.75, 3.05) is 13.2 Å². The van der Waals surface area contributed by atoms with Crippen LogP contribution in [0.2, 0.25) is 0 Å². The van der Waals surface area contributed by atoms with Gasteiger partial charge in [-0.05, 0) is 57.8 Å². The molecule has 0 spiro atoms. The lowest BCUT2D eigenvalue weighted by atomic mass is 10.0. The maximum atomic E-state index is 12.9. The Morgan fingerprint density at radius 2 is 0.565 bits per heavy atom. The van der Waals surface area contributed by atoms with Gasteiger partial charge in [0.25, 0.3) is 0 Å². The molecule has 6 heteroatoms. The van der Waals surface area contributed by atoms with E-state index >= 15 is 0 Å². The van der Waals surface area contributed by atoms with Crippen molar-refractivity contribution < 1.29 is 28.6 Å². The van der Waals surface area contributed by atoms with Crippen LogP contribution < -0.4 is 0 Å². The van der Waals surface area contributed by atoms with Crippen LogP contribution in [0.1, 0.15) is 290 Å². The summed E-state index contributed by atoms with van der Waals surface area (Å²) in [7, 11) is 0. The Kier molecular flexibility index (Phi) is 54.8. The Bertz CT molecular complexity index is 1290. The van der Waals surface area contributed by atoms with Crippen molar-refractivity contribution in [1.29, 1.82) is 0 Å². The number of allylic oxidation sites excluding steroid dienone is 12. The summed E-state index contributed by atoms with van der Waals surface area (Å²) < 4.78 is 16.8. The summed E-state index contributed by atoms with van der Waals surface area (Å²) in [4.78, 5) is 38.1.